The monoisotopic (exact) mass is 285 g/mol. The largest absolute Gasteiger partial charge is 0.391 e. The zero-order chi connectivity index (χ0) is 7.56. The fourth-order valence-corrected chi connectivity index (χ4v) is 2.69. The van der Waals surface area contributed by atoms with E-state index in [1.54, 1.807) is 0 Å². The van der Waals surface area contributed by atoms with Crippen LogP contribution >= 0.6 is 43.2 Å². The summed E-state index contributed by atoms with van der Waals surface area (Å²) in [5, 5.41) is 9.49. The maximum Gasteiger partial charge on any atom is 0.159 e. The Balaban J connectivity index is 2.96. The molecule has 0 aliphatic heterocycles. The van der Waals surface area contributed by atoms with Crippen molar-refractivity contribution in [3.63, 3.8) is 0 Å². The van der Waals surface area contributed by atoms with Crippen LogP contribution in [0.25, 0.3) is 0 Å². The summed E-state index contributed by atoms with van der Waals surface area (Å²) in [6, 6.07) is 0. The van der Waals surface area contributed by atoms with Crippen molar-refractivity contribution in [2.45, 2.75) is 11.9 Å². The summed E-state index contributed by atoms with van der Waals surface area (Å²) in [5.74, 6) is 0. The second kappa shape index (κ2) is 3.80. The number of aliphatic hydroxyl groups excluding tert-OH is 1. The van der Waals surface area contributed by atoms with E-state index in [1.165, 1.54) is 11.3 Å². The van der Waals surface area contributed by atoms with Gasteiger partial charge in [0.25, 0.3) is 0 Å². The summed E-state index contributed by atoms with van der Waals surface area (Å²) in [6.07, 6.45) is 0. The van der Waals surface area contributed by atoms with E-state index in [1.807, 2.05) is 0 Å². The van der Waals surface area contributed by atoms with Crippen LogP contribution in [0.4, 0.5) is 0 Å². The number of halogens is 2. The molecule has 5 heteroatoms. The third-order valence-electron chi connectivity index (χ3n) is 1.02. The summed E-state index contributed by atoms with van der Waals surface area (Å²) >= 11 is 7.98. The zero-order valence-corrected chi connectivity index (χ0v) is 8.96. The van der Waals surface area contributed by atoms with Crippen LogP contribution in [0.5, 0.6) is 0 Å². The van der Waals surface area contributed by atoms with E-state index in [9.17, 15) is 0 Å². The Morgan fingerprint density at radius 1 is 1.60 bits per heavy atom. The highest BCUT2D eigenvalue weighted by molar-refractivity contribution is 9.11. The minimum absolute atomic E-state index is 0.0736. The molecule has 1 aromatic heterocycles. The molecule has 0 amide bonds. The van der Waals surface area contributed by atoms with Gasteiger partial charge in [0, 0.05) is 5.33 Å². The van der Waals surface area contributed by atoms with E-state index in [2.05, 4.69) is 36.8 Å². The third kappa shape index (κ3) is 1.78. The number of alkyl halides is 1. The average molecular weight is 287 g/mol. The molecular weight excluding hydrogens is 282 g/mol. The van der Waals surface area contributed by atoms with Crippen LogP contribution in [0.3, 0.4) is 0 Å². The van der Waals surface area contributed by atoms with Crippen LogP contribution in [0.15, 0.2) is 3.92 Å². The van der Waals surface area contributed by atoms with Crippen LogP contribution in [-0.4, -0.2) is 10.1 Å². The van der Waals surface area contributed by atoms with Gasteiger partial charge in [-0.3, -0.25) is 0 Å². The highest BCUT2D eigenvalue weighted by atomic mass is 79.9. The van der Waals surface area contributed by atoms with Gasteiger partial charge in [0.15, 0.2) is 3.92 Å². The Bertz CT molecular complexity index is 204. The highest BCUT2D eigenvalue weighted by Crippen LogP contribution is 2.24. The molecular formula is C5H5Br2NOS. The first-order valence-corrected chi connectivity index (χ1v) is 5.32. The molecule has 10 heavy (non-hydrogen) atoms. The topological polar surface area (TPSA) is 33.1 Å². The summed E-state index contributed by atoms with van der Waals surface area (Å²) < 4.78 is 0.825. The van der Waals surface area contributed by atoms with Gasteiger partial charge >= 0.3 is 0 Å². The Hall–Kier alpha value is 0.550. The lowest BCUT2D eigenvalue weighted by Gasteiger charge is -1.89. The molecule has 0 fully saturated rings. The quantitative estimate of drug-likeness (QED) is 0.847. The normalized spacial score (nSPS) is 10.3. The lowest BCUT2D eigenvalue weighted by atomic mass is 10.4. The standard InChI is InChI=1S/C5H5Br2NOS/c6-1-3-4(2-9)10-5(7)8-3/h9H,1-2H2. The molecule has 0 aliphatic carbocycles. The zero-order valence-electron chi connectivity index (χ0n) is 4.97. The van der Waals surface area contributed by atoms with E-state index in [0.29, 0.717) is 5.33 Å². The van der Waals surface area contributed by atoms with E-state index in [4.69, 9.17) is 5.11 Å². The smallest absolute Gasteiger partial charge is 0.159 e. The number of thiazole rings is 1. The molecule has 1 heterocycles. The van der Waals surface area contributed by atoms with Crippen molar-refractivity contribution < 1.29 is 5.11 Å². The van der Waals surface area contributed by atoms with E-state index in [0.717, 1.165) is 14.5 Å². The van der Waals surface area contributed by atoms with Crippen LogP contribution in [0.2, 0.25) is 0 Å². The Morgan fingerprint density at radius 2 is 2.30 bits per heavy atom. The minimum atomic E-state index is 0.0736. The Kier molecular flexibility index (Phi) is 3.29. The van der Waals surface area contributed by atoms with Crippen LogP contribution in [-0.2, 0) is 11.9 Å². The molecule has 0 unspecified atom stereocenters. The van der Waals surface area contributed by atoms with Crippen molar-refractivity contribution in [2.75, 3.05) is 0 Å². The summed E-state index contributed by atoms with van der Waals surface area (Å²) in [4.78, 5) is 5.05. The fourth-order valence-electron chi connectivity index (χ4n) is 0.580. The molecule has 0 aromatic carbocycles. The van der Waals surface area contributed by atoms with Gasteiger partial charge in [-0.2, -0.15) is 0 Å². The number of aliphatic hydroxyl groups is 1. The Labute approximate surface area is 79.6 Å². The van der Waals surface area contributed by atoms with E-state index < -0.39 is 0 Å². The summed E-state index contributed by atoms with van der Waals surface area (Å²) in [5.41, 5.74) is 0.916. The van der Waals surface area contributed by atoms with Gasteiger partial charge in [0.1, 0.15) is 0 Å². The highest BCUT2D eigenvalue weighted by Gasteiger charge is 2.05. The molecule has 1 N–H and O–H groups in total. The number of hydrogen-bond acceptors (Lipinski definition) is 3. The van der Waals surface area contributed by atoms with Gasteiger partial charge in [-0.15, -0.1) is 11.3 Å². The van der Waals surface area contributed by atoms with Crippen LogP contribution < -0.4 is 0 Å². The van der Waals surface area contributed by atoms with Crippen LogP contribution in [0.1, 0.15) is 10.6 Å². The van der Waals surface area contributed by atoms with Gasteiger partial charge < -0.3 is 5.11 Å². The second-order valence-corrected chi connectivity index (χ2v) is 4.55. The molecule has 0 radical (unpaired) electrons. The Morgan fingerprint density at radius 3 is 2.70 bits per heavy atom. The molecule has 0 saturated carbocycles. The number of hydrogen-bond donors (Lipinski definition) is 1. The first kappa shape index (κ1) is 8.64. The molecule has 0 atom stereocenters. The lowest BCUT2D eigenvalue weighted by molar-refractivity contribution is 0.284. The average Bonchev–Trinajstić information content (AvgIpc) is 2.30. The second-order valence-electron chi connectivity index (χ2n) is 1.63. The fraction of sp³-hybridized carbons (Fsp3) is 0.400. The summed E-state index contributed by atoms with van der Waals surface area (Å²) in [6.45, 7) is 0.0736. The SMILES string of the molecule is OCc1sc(Br)nc1CBr. The summed E-state index contributed by atoms with van der Waals surface area (Å²) in [7, 11) is 0. The number of nitrogens with zero attached hydrogens (tertiary/aromatic N) is 1. The van der Waals surface area contributed by atoms with Gasteiger partial charge in [0.05, 0.1) is 17.2 Å². The predicted octanol–water partition coefficient (Wildman–Crippen LogP) is 2.29. The molecule has 0 aliphatic rings. The van der Waals surface area contributed by atoms with Gasteiger partial charge in [0.2, 0.25) is 0 Å². The van der Waals surface area contributed by atoms with Crippen molar-refractivity contribution in [3.8, 4) is 0 Å². The third-order valence-corrected chi connectivity index (χ3v) is 3.09. The molecule has 56 valence electrons. The van der Waals surface area contributed by atoms with Crippen LogP contribution in [0, 0.1) is 0 Å². The van der Waals surface area contributed by atoms with E-state index >= 15 is 0 Å². The number of rotatable bonds is 2. The first-order valence-electron chi connectivity index (χ1n) is 2.59. The minimum Gasteiger partial charge on any atom is -0.391 e. The maximum absolute atomic E-state index is 8.79. The maximum atomic E-state index is 8.79. The predicted molar refractivity (Wildman–Crippen MR) is 48.4 cm³/mol. The van der Waals surface area contributed by atoms with Gasteiger partial charge in [-0.25, -0.2) is 4.98 Å². The molecule has 2 nitrogen and oxygen atoms in total. The molecule has 0 saturated heterocycles. The van der Waals surface area contributed by atoms with Gasteiger partial charge in [-0.1, -0.05) is 15.9 Å². The number of aromatic nitrogens is 1. The van der Waals surface area contributed by atoms with Crippen molar-refractivity contribution in [1.82, 2.24) is 4.98 Å². The molecule has 0 spiro atoms. The first-order chi connectivity index (χ1) is 4.77. The van der Waals surface area contributed by atoms with Crippen molar-refractivity contribution in [2.24, 2.45) is 0 Å². The van der Waals surface area contributed by atoms with E-state index in [-0.39, 0.29) is 6.61 Å². The molecule has 1 rings (SSSR count). The molecule has 0 bridgehead atoms. The van der Waals surface area contributed by atoms with Crippen molar-refractivity contribution in [1.29, 1.82) is 0 Å². The van der Waals surface area contributed by atoms with Crippen molar-refractivity contribution in [3.05, 3.63) is 14.5 Å². The van der Waals surface area contributed by atoms with Crippen molar-refractivity contribution >= 4 is 43.2 Å². The van der Waals surface area contributed by atoms with Gasteiger partial charge in [-0.05, 0) is 15.9 Å². The molecule has 1 aromatic rings. The lowest BCUT2D eigenvalue weighted by Crippen LogP contribution is -1.84.